The van der Waals surface area contributed by atoms with E-state index in [1.54, 1.807) is 18.2 Å². The Morgan fingerprint density at radius 1 is 0.656 bits per heavy atom. The number of rotatable bonds is 2. The van der Waals surface area contributed by atoms with E-state index >= 15 is 0 Å². The zero-order valence-corrected chi connectivity index (χ0v) is 17.7. The van der Waals surface area contributed by atoms with E-state index in [0.717, 1.165) is 53.8 Å². The fourth-order valence-corrected chi connectivity index (χ4v) is 4.95. The van der Waals surface area contributed by atoms with Crippen LogP contribution in [0.3, 0.4) is 0 Å². The predicted octanol–water partition coefficient (Wildman–Crippen LogP) is 5.67. The number of ketones is 2. The van der Waals surface area contributed by atoms with Crippen LogP contribution in [-0.2, 0) is 0 Å². The van der Waals surface area contributed by atoms with Gasteiger partial charge in [-0.25, -0.2) is 4.98 Å². The van der Waals surface area contributed by atoms with Gasteiger partial charge in [0.05, 0.1) is 11.2 Å². The number of carbonyl (C=O) groups is 2. The van der Waals surface area contributed by atoms with E-state index in [4.69, 9.17) is 4.98 Å². The van der Waals surface area contributed by atoms with Crippen molar-refractivity contribution < 1.29 is 9.59 Å². The lowest BCUT2D eigenvalue weighted by Crippen LogP contribution is -2.29. The first kappa shape index (κ1) is 18.9. The van der Waals surface area contributed by atoms with E-state index in [9.17, 15) is 9.59 Å². The largest absolute Gasteiger partial charge is 0.371 e. The van der Waals surface area contributed by atoms with Crippen LogP contribution in [0.5, 0.6) is 0 Å². The lowest BCUT2D eigenvalue weighted by Gasteiger charge is -2.30. The Hall–Kier alpha value is -3.79. The van der Waals surface area contributed by atoms with Crippen LogP contribution in [0, 0.1) is 0 Å². The maximum Gasteiger partial charge on any atom is 0.194 e. The van der Waals surface area contributed by atoms with Crippen molar-refractivity contribution in [2.24, 2.45) is 0 Å². The molecule has 2 aliphatic rings. The highest BCUT2D eigenvalue weighted by Crippen LogP contribution is 2.37. The zero-order valence-electron chi connectivity index (χ0n) is 17.7. The second-order valence-electron chi connectivity index (χ2n) is 8.56. The molecule has 0 saturated carbocycles. The molecule has 0 N–H and O–H groups in total. The number of aromatic nitrogens is 1. The predicted molar refractivity (Wildman–Crippen MR) is 127 cm³/mol. The lowest BCUT2D eigenvalue weighted by atomic mass is 9.83. The maximum atomic E-state index is 13.3. The average molecular weight is 418 g/mol. The van der Waals surface area contributed by atoms with E-state index in [1.807, 2.05) is 36.4 Å². The maximum absolute atomic E-state index is 13.3. The summed E-state index contributed by atoms with van der Waals surface area (Å²) in [6.07, 6.45) is 3.55. The molecule has 4 nitrogen and oxygen atoms in total. The van der Waals surface area contributed by atoms with Crippen LogP contribution >= 0.6 is 0 Å². The Balaban J connectivity index is 1.61. The van der Waals surface area contributed by atoms with Crippen molar-refractivity contribution in [3.05, 3.63) is 95.1 Å². The minimum absolute atomic E-state index is 0.0890. The second-order valence-corrected chi connectivity index (χ2v) is 8.56. The van der Waals surface area contributed by atoms with Gasteiger partial charge in [-0.3, -0.25) is 9.59 Å². The first-order valence-electron chi connectivity index (χ1n) is 11.2. The molecule has 0 unspecified atom stereocenters. The van der Waals surface area contributed by atoms with Gasteiger partial charge in [0.2, 0.25) is 0 Å². The topological polar surface area (TPSA) is 50.3 Å². The molecule has 1 saturated heterocycles. The van der Waals surface area contributed by atoms with Gasteiger partial charge in [-0.05, 0) is 37.5 Å². The molecule has 2 heterocycles. The average Bonchev–Trinajstić information content (AvgIpc) is 2.87. The summed E-state index contributed by atoms with van der Waals surface area (Å²) in [5, 5.41) is 0.936. The van der Waals surface area contributed by atoms with Gasteiger partial charge in [0, 0.05) is 52.0 Å². The van der Waals surface area contributed by atoms with Gasteiger partial charge < -0.3 is 4.90 Å². The van der Waals surface area contributed by atoms with Crippen LogP contribution in [0.4, 0.5) is 5.69 Å². The van der Waals surface area contributed by atoms with Crippen LogP contribution in [0.1, 0.15) is 51.1 Å². The van der Waals surface area contributed by atoms with Crippen LogP contribution in [-0.4, -0.2) is 29.6 Å². The third kappa shape index (κ3) is 2.94. The van der Waals surface area contributed by atoms with Gasteiger partial charge in [0.15, 0.2) is 11.6 Å². The van der Waals surface area contributed by atoms with Crippen LogP contribution in [0.2, 0.25) is 0 Å². The molecular formula is C28H22N2O2. The number of carbonyl (C=O) groups excluding carboxylic acids is 2. The molecule has 6 rings (SSSR count). The quantitative estimate of drug-likeness (QED) is 0.371. The molecule has 1 fully saturated rings. The number of nitrogens with zero attached hydrogens (tertiary/aromatic N) is 2. The molecule has 1 aromatic heterocycles. The molecule has 0 atom stereocenters. The van der Waals surface area contributed by atoms with Gasteiger partial charge in [-0.2, -0.15) is 0 Å². The van der Waals surface area contributed by atoms with Gasteiger partial charge in [-0.15, -0.1) is 0 Å². The number of hydrogen-bond acceptors (Lipinski definition) is 4. The van der Waals surface area contributed by atoms with Crippen molar-refractivity contribution in [1.82, 2.24) is 4.98 Å². The molecule has 32 heavy (non-hydrogen) atoms. The molecule has 1 aliphatic heterocycles. The Kier molecular flexibility index (Phi) is 4.39. The Labute approximate surface area is 186 Å². The summed E-state index contributed by atoms with van der Waals surface area (Å²) in [7, 11) is 0. The highest BCUT2D eigenvalue weighted by atomic mass is 16.1. The summed E-state index contributed by atoms with van der Waals surface area (Å²) in [6, 6.07) is 23.1. The second kappa shape index (κ2) is 7.41. The van der Waals surface area contributed by atoms with Crippen molar-refractivity contribution in [2.75, 3.05) is 18.0 Å². The molecule has 0 bridgehead atoms. The summed E-state index contributed by atoms with van der Waals surface area (Å²) in [5.74, 6) is -0.197. The minimum atomic E-state index is -0.108. The minimum Gasteiger partial charge on any atom is -0.371 e. The zero-order chi connectivity index (χ0) is 21.7. The fourth-order valence-electron chi connectivity index (χ4n) is 4.95. The molecule has 4 aromatic rings. The summed E-state index contributed by atoms with van der Waals surface area (Å²) in [6.45, 7) is 1.97. The fraction of sp³-hybridized carbons (Fsp3) is 0.179. The summed E-state index contributed by atoms with van der Waals surface area (Å²) in [4.78, 5) is 33.9. The van der Waals surface area contributed by atoms with E-state index in [2.05, 4.69) is 23.1 Å². The number of hydrogen-bond donors (Lipinski definition) is 0. The SMILES string of the molecule is O=C1c2ccccc2C(=O)c2cc3c(N4CCCCC4)cc(-c4ccccc4)nc3cc21. The van der Waals surface area contributed by atoms with E-state index in [0.29, 0.717) is 22.3 Å². The van der Waals surface area contributed by atoms with Crippen molar-refractivity contribution in [2.45, 2.75) is 19.3 Å². The van der Waals surface area contributed by atoms with E-state index in [1.165, 1.54) is 6.42 Å². The molecule has 0 spiro atoms. The Bertz CT molecular complexity index is 1390. The standard InChI is InChI=1S/C28H22N2O2/c31-27-19-11-5-6-12-20(19)28(32)22-16-25-23(15-21(22)27)26(30-13-7-2-8-14-30)17-24(29-25)18-9-3-1-4-10-18/h1,3-6,9-12,15-17H,2,7-8,13-14H2. The molecule has 156 valence electrons. The molecule has 1 aliphatic carbocycles. The summed E-state index contributed by atoms with van der Waals surface area (Å²) < 4.78 is 0. The Morgan fingerprint density at radius 2 is 1.28 bits per heavy atom. The number of benzene rings is 3. The van der Waals surface area contributed by atoms with Gasteiger partial charge >= 0.3 is 0 Å². The van der Waals surface area contributed by atoms with Gasteiger partial charge in [0.25, 0.3) is 0 Å². The first-order valence-corrected chi connectivity index (χ1v) is 11.2. The molecule has 3 aromatic carbocycles. The van der Waals surface area contributed by atoms with Crippen LogP contribution in [0.15, 0.2) is 72.8 Å². The summed E-state index contributed by atoms with van der Waals surface area (Å²) in [5.41, 5.74) is 5.66. The lowest BCUT2D eigenvalue weighted by molar-refractivity contribution is 0.0979. The number of fused-ring (bicyclic) bond motifs is 3. The van der Waals surface area contributed by atoms with Crippen LogP contribution < -0.4 is 4.90 Å². The van der Waals surface area contributed by atoms with Gasteiger partial charge in [-0.1, -0.05) is 54.6 Å². The van der Waals surface area contributed by atoms with Crippen LogP contribution in [0.25, 0.3) is 22.2 Å². The number of piperidine rings is 1. The number of anilines is 1. The highest BCUT2D eigenvalue weighted by Gasteiger charge is 2.30. The summed E-state index contributed by atoms with van der Waals surface area (Å²) >= 11 is 0. The normalized spacial score (nSPS) is 15.6. The monoisotopic (exact) mass is 418 g/mol. The third-order valence-electron chi connectivity index (χ3n) is 6.60. The van der Waals surface area contributed by atoms with Crippen molar-refractivity contribution in [3.8, 4) is 11.3 Å². The van der Waals surface area contributed by atoms with E-state index < -0.39 is 0 Å². The molecule has 4 heteroatoms. The number of pyridine rings is 1. The smallest absolute Gasteiger partial charge is 0.194 e. The van der Waals surface area contributed by atoms with Crippen molar-refractivity contribution >= 4 is 28.2 Å². The molecule has 0 radical (unpaired) electrons. The first-order chi connectivity index (χ1) is 15.7. The van der Waals surface area contributed by atoms with Gasteiger partial charge in [0.1, 0.15) is 0 Å². The molecular weight excluding hydrogens is 396 g/mol. The highest BCUT2D eigenvalue weighted by molar-refractivity contribution is 6.29. The molecule has 0 amide bonds. The van der Waals surface area contributed by atoms with Crippen molar-refractivity contribution in [1.29, 1.82) is 0 Å². The van der Waals surface area contributed by atoms with Crippen molar-refractivity contribution in [3.63, 3.8) is 0 Å². The third-order valence-corrected chi connectivity index (χ3v) is 6.60. The Morgan fingerprint density at radius 3 is 1.97 bits per heavy atom. The van der Waals surface area contributed by atoms with E-state index in [-0.39, 0.29) is 11.6 Å².